The first-order valence-corrected chi connectivity index (χ1v) is 20.0. The molecule has 0 aliphatic carbocycles. The van der Waals surface area contributed by atoms with E-state index in [-0.39, 0.29) is 0 Å². The van der Waals surface area contributed by atoms with Crippen LogP contribution in [-0.4, -0.2) is 26.2 Å². The summed E-state index contributed by atoms with van der Waals surface area (Å²) in [4.78, 5) is 0. The van der Waals surface area contributed by atoms with Gasteiger partial charge in [-0.05, 0) is 24.3 Å². The van der Waals surface area contributed by atoms with Crippen LogP contribution in [0.5, 0.6) is 0 Å². The Morgan fingerprint density at radius 3 is 0.472 bits per heavy atom. The summed E-state index contributed by atoms with van der Waals surface area (Å²) in [5.41, 5.74) is 13.9. The molecule has 0 unspecified atom stereocenters. The van der Waals surface area contributed by atoms with Gasteiger partial charge < -0.3 is 22.9 Å². The summed E-state index contributed by atoms with van der Waals surface area (Å²) in [6.07, 6.45) is 7.06. The Kier molecular flexibility index (Phi) is 62.4. The molecule has 0 saturated heterocycles. The summed E-state index contributed by atoms with van der Waals surface area (Å²) in [7, 11) is 16.0. The number of rotatable bonds is 4. The van der Waals surface area contributed by atoms with Gasteiger partial charge in [0, 0.05) is 0 Å². The standard InChI is InChI=1S/4C3H7N.4ClH.4Mn.12O/c4*1-2-3-4;;;;;;;;;;;;;;;;;;;;/h4*2H,1,3-4H2;4*1H;;;;;;;;;;;;;;;;/q;;;;;;;;4*+1;;;;;;;;;4*-1. The second-order valence-corrected chi connectivity index (χ2v) is 14.1. The maximum atomic E-state index is 8.90. The van der Waals surface area contributed by atoms with Crippen LogP contribution in [0.4, 0.5) is 0 Å². The van der Waals surface area contributed by atoms with E-state index in [0.717, 1.165) is 26.2 Å². The Labute approximate surface area is 234 Å². The van der Waals surface area contributed by atoms with Gasteiger partial charge in [0.25, 0.3) is 0 Å². The predicted octanol–water partition coefficient (Wildman–Crippen LogP) is -5.30. The molecule has 0 aliphatic rings. The Morgan fingerprint density at radius 1 is 0.444 bits per heavy atom. The van der Waals surface area contributed by atoms with Gasteiger partial charge in [-0.15, -0.1) is 0 Å². The molecule has 16 nitrogen and oxygen atoms in total. The summed E-state index contributed by atoms with van der Waals surface area (Å²) >= 11 is -19.6. The quantitative estimate of drug-likeness (QED) is 0.153. The van der Waals surface area contributed by atoms with E-state index in [1.54, 1.807) is 24.3 Å². The third-order valence-corrected chi connectivity index (χ3v) is 0.816. The van der Waals surface area contributed by atoms with Gasteiger partial charge in [-0.1, -0.05) is 26.3 Å². The Bertz CT molecular complexity index is 730. The van der Waals surface area contributed by atoms with E-state index >= 15 is 0 Å². The van der Waals surface area contributed by atoms with E-state index < -0.39 is 48.5 Å². The van der Waals surface area contributed by atoms with E-state index in [2.05, 4.69) is 89.6 Å². The SMILES string of the molecule is C=CC[NH3+].C=CC[NH3+].C=CC[NH3+].C=CC[NH3+].[O]=[Mn](=[O])([O-])[Cl].[O]=[Mn](=[O])([O-])[Cl].[O]=[Mn](=[O])([O-])[Cl].[O]=[Mn](=[O])([O-])[Cl]. The summed E-state index contributed by atoms with van der Waals surface area (Å²) < 4.78 is 107. The Balaban J connectivity index is -0.0000000416. The molecule has 0 fully saturated rings. The van der Waals surface area contributed by atoms with Gasteiger partial charge in [-0.3, -0.25) is 0 Å². The van der Waals surface area contributed by atoms with Crippen LogP contribution in [0.15, 0.2) is 50.6 Å². The summed E-state index contributed by atoms with van der Waals surface area (Å²) in [6.45, 7) is 17.0. The molecule has 0 spiro atoms. The van der Waals surface area contributed by atoms with Gasteiger partial charge >= 0.3 is 136 Å². The van der Waals surface area contributed by atoms with Crippen molar-refractivity contribution in [2.75, 3.05) is 26.2 Å². The molecule has 0 heterocycles. The molecule has 0 aromatic heterocycles. The molecule has 12 N–H and O–H groups in total. The topological polar surface area (TPSA) is 339 Å². The van der Waals surface area contributed by atoms with E-state index in [9.17, 15) is 0 Å². The molecule has 228 valence electrons. The molecule has 0 radical (unpaired) electrons. The second-order valence-electron chi connectivity index (χ2n) is 3.77. The average Bonchev–Trinajstić information content (AvgIpc) is 2.63. The zero-order valence-corrected chi connectivity index (χ0v) is 26.5. The number of quaternary nitrogens is 4. The molecule has 24 heteroatoms. The summed E-state index contributed by atoms with van der Waals surface area (Å²) in [5, 5.41) is 0. The molecule has 0 saturated carbocycles. The van der Waals surface area contributed by atoms with Crippen LogP contribution in [0.1, 0.15) is 0 Å². The van der Waals surface area contributed by atoms with E-state index in [4.69, 9.17) is 47.4 Å². The summed E-state index contributed by atoms with van der Waals surface area (Å²) in [6, 6.07) is 0. The minimum atomic E-state index is -4.90. The fraction of sp³-hybridized carbons (Fsp3) is 0.333. The van der Waals surface area contributed by atoms with Crippen molar-refractivity contribution < 1.29 is 119 Å². The van der Waals surface area contributed by atoms with Crippen LogP contribution in [0, 0.1) is 0 Å². The van der Waals surface area contributed by atoms with E-state index in [1.807, 2.05) is 0 Å². The van der Waals surface area contributed by atoms with Gasteiger partial charge in [0.05, 0.1) is 26.2 Å². The van der Waals surface area contributed by atoms with Crippen molar-refractivity contribution in [2.45, 2.75) is 0 Å². The monoisotopic (exact) mass is 784 g/mol. The third kappa shape index (κ3) is 2070. The molecule has 0 rings (SSSR count). The predicted molar refractivity (Wildman–Crippen MR) is 101 cm³/mol. The zero-order chi connectivity index (χ0) is 31.7. The fourth-order valence-electron chi connectivity index (χ4n) is 0. The van der Waals surface area contributed by atoms with E-state index in [1.165, 1.54) is 0 Å². The van der Waals surface area contributed by atoms with Crippen LogP contribution in [-0.2, 0) is 79.2 Å². The van der Waals surface area contributed by atoms with Crippen molar-refractivity contribution in [1.82, 2.24) is 0 Å². The van der Waals surface area contributed by atoms with Gasteiger partial charge in [-0.25, -0.2) is 0 Å². The Hall–Kier alpha value is 0.278. The molecule has 0 aromatic carbocycles. The number of hydrogen-bond acceptors (Lipinski definition) is 12. The van der Waals surface area contributed by atoms with Crippen molar-refractivity contribution in [1.29, 1.82) is 0 Å². The number of halogens is 4. The van der Waals surface area contributed by atoms with Gasteiger partial charge in [0.1, 0.15) is 0 Å². The molecule has 0 amide bonds. The molecule has 36 heavy (non-hydrogen) atoms. The van der Waals surface area contributed by atoms with Crippen LogP contribution in [0.2, 0.25) is 0 Å². The van der Waals surface area contributed by atoms with Crippen LogP contribution >= 0.6 is 40.4 Å². The van der Waals surface area contributed by atoms with Crippen molar-refractivity contribution >= 4 is 40.4 Å². The molecule has 0 bridgehead atoms. The molecule has 0 aliphatic heterocycles. The third-order valence-electron chi connectivity index (χ3n) is 0.816. The van der Waals surface area contributed by atoms with Crippen LogP contribution < -0.4 is 39.7 Å². The fourth-order valence-corrected chi connectivity index (χ4v) is 0. The van der Waals surface area contributed by atoms with Crippen molar-refractivity contribution in [3.8, 4) is 0 Å². The minimum absolute atomic E-state index is 0.833. The van der Waals surface area contributed by atoms with Crippen LogP contribution in [0.25, 0.3) is 0 Å². The van der Waals surface area contributed by atoms with Crippen molar-refractivity contribution in [3.05, 3.63) is 50.6 Å². The van der Waals surface area contributed by atoms with Crippen LogP contribution in [0.3, 0.4) is 0 Å². The van der Waals surface area contributed by atoms with Gasteiger partial charge in [0.15, 0.2) is 0 Å². The zero-order valence-electron chi connectivity index (χ0n) is 18.7. The summed E-state index contributed by atoms with van der Waals surface area (Å²) in [5.74, 6) is 0. The molecular weight excluding hydrogens is 754 g/mol. The first-order valence-electron chi connectivity index (χ1n) is 7.69. The molecule has 0 atom stereocenters. The van der Waals surface area contributed by atoms with Crippen molar-refractivity contribution in [3.63, 3.8) is 0 Å². The molecular formula is C12H32Cl4Mn4N4O12. The maximum absolute atomic E-state index is 8.90. The first kappa shape index (κ1) is 56.5. The van der Waals surface area contributed by atoms with Gasteiger partial charge in [-0.2, -0.15) is 0 Å². The second kappa shape index (κ2) is 39.8. The normalized spacial score (nSPS) is 9.22. The average molecular weight is 786 g/mol. The van der Waals surface area contributed by atoms with Gasteiger partial charge in [0.2, 0.25) is 0 Å². The Morgan fingerprint density at radius 2 is 0.472 bits per heavy atom. The van der Waals surface area contributed by atoms with E-state index in [0.29, 0.717) is 0 Å². The van der Waals surface area contributed by atoms with Crippen molar-refractivity contribution in [2.24, 2.45) is 0 Å². The number of hydrogen-bond donors (Lipinski definition) is 4. The first-order chi connectivity index (χ1) is 15.7. The molecule has 0 aromatic rings.